The van der Waals surface area contributed by atoms with Crippen molar-refractivity contribution in [3.05, 3.63) is 11.8 Å². The van der Waals surface area contributed by atoms with E-state index in [1.807, 2.05) is 20.8 Å². The molecule has 0 aromatic heterocycles. The number of amides is 1. The third kappa shape index (κ3) is 2.41. The maximum absolute atomic E-state index is 12.1. The minimum absolute atomic E-state index is 0.0189. The van der Waals surface area contributed by atoms with Crippen LogP contribution in [0, 0.1) is 5.92 Å². The predicted octanol–water partition coefficient (Wildman–Crippen LogP) is 1.72. The van der Waals surface area contributed by atoms with Crippen molar-refractivity contribution in [1.82, 2.24) is 4.90 Å². The molecule has 5 nitrogen and oxygen atoms in total. The van der Waals surface area contributed by atoms with Crippen molar-refractivity contribution in [2.75, 3.05) is 13.2 Å². The van der Waals surface area contributed by atoms with Crippen LogP contribution in [0.4, 0.5) is 4.79 Å². The van der Waals surface area contributed by atoms with E-state index in [4.69, 9.17) is 9.47 Å². The van der Waals surface area contributed by atoms with E-state index in [1.165, 1.54) is 13.0 Å². The van der Waals surface area contributed by atoms with Gasteiger partial charge in [0.05, 0.1) is 19.3 Å². The molecule has 0 N–H and O–H groups in total. The van der Waals surface area contributed by atoms with Crippen LogP contribution in [0.25, 0.3) is 0 Å². The molecule has 0 saturated carbocycles. The second-order valence-corrected chi connectivity index (χ2v) is 5.74. The number of rotatable bonds is 1. The van der Waals surface area contributed by atoms with Crippen molar-refractivity contribution in [3.63, 3.8) is 0 Å². The van der Waals surface area contributed by atoms with E-state index in [1.54, 1.807) is 4.90 Å². The van der Waals surface area contributed by atoms with E-state index in [9.17, 15) is 9.59 Å². The minimum Gasteiger partial charge on any atom is -0.443 e. The lowest BCUT2D eigenvalue weighted by Gasteiger charge is -2.45. The Kier molecular flexibility index (Phi) is 3.19. The largest absolute Gasteiger partial charge is 0.443 e. The number of carbonyl (C=O) groups excluding carboxylic acids is 2. The molecule has 0 radical (unpaired) electrons. The second kappa shape index (κ2) is 4.39. The Morgan fingerprint density at radius 1 is 1.39 bits per heavy atom. The molecule has 2 saturated heterocycles. The smallest absolute Gasteiger partial charge is 0.414 e. The molecular formula is C13H19NO4. The fraction of sp³-hybridized carbons (Fsp3) is 0.692. The van der Waals surface area contributed by atoms with Gasteiger partial charge in [0.1, 0.15) is 5.60 Å². The summed E-state index contributed by atoms with van der Waals surface area (Å²) in [6.45, 7) is 8.02. The van der Waals surface area contributed by atoms with Crippen LogP contribution in [0.3, 0.4) is 0 Å². The summed E-state index contributed by atoms with van der Waals surface area (Å²) in [6.07, 6.45) is 1.10. The number of carbonyl (C=O) groups is 2. The Labute approximate surface area is 107 Å². The van der Waals surface area contributed by atoms with Gasteiger partial charge in [-0.1, -0.05) is 0 Å². The summed E-state index contributed by atoms with van der Waals surface area (Å²) in [7, 11) is 0. The average molecular weight is 253 g/mol. The van der Waals surface area contributed by atoms with Gasteiger partial charge < -0.3 is 9.47 Å². The predicted molar refractivity (Wildman–Crippen MR) is 64.9 cm³/mol. The molecule has 2 rings (SSSR count). The van der Waals surface area contributed by atoms with E-state index in [0.29, 0.717) is 13.2 Å². The summed E-state index contributed by atoms with van der Waals surface area (Å²) in [5.74, 6) is 0.0883. The van der Waals surface area contributed by atoms with Crippen LogP contribution in [0.1, 0.15) is 27.7 Å². The molecule has 2 aliphatic heterocycles. The van der Waals surface area contributed by atoms with Gasteiger partial charge in [-0.2, -0.15) is 0 Å². The van der Waals surface area contributed by atoms with Gasteiger partial charge in [0.15, 0.2) is 5.78 Å². The molecule has 18 heavy (non-hydrogen) atoms. The van der Waals surface area contributed by atoms with E-state index in [-0.39, 0.29) is 17.7 Å². The number of ether oxygens (including phenoxy) is 2. The van der Waals surface area contributed by atoms with Gasteiger partial charge in [-0.3, -0.25) is 9.69 Å². The lowest BCUT2D eigenvalue weighted by Crippen LogP contribution is -2.57. The third-order valence-corrected chi connectivity index (χ3v) is 2.98. The van der Waals surface area contributed by atoms with Crippen LogP contribution in [-0.2, 0) is 14.3 Å². The van der Waals surface area contributed by atoms with Gasteiger partial charge in [-0.15, -0.1) is 0 Å². The highest BCUT2D eigenvalue weighted by Crippen LogP contribution is 2.41. The van der Waals surface area contributed by atoms with E-state index in [0.717, 1.165) is 5.70 Å². The first-order chi connectivity index (χ1) is 8.29. The van der Waals surface area contributed by atoms with Crippen molar-refractivity contribution in [1.29, 1.82) is 0 Å². The van der Waals surface area contributed by atoms with Crippen molar-refractivity contribution < 1.29 is 19.1 Å². The monoisotopic (exact) mass is 253 g/mol. The Bertz CT molecular complexity index is 408. The SMILES string of the molecule is CC(=O)C=C1C2COCC2N1C(=O)OC(C)(C)C. The van der Waals surface area contributed by atoms with E-state index < -0.39 is 11.7 Å². The quantitative estimate of drug-likeness (QED) is 0.668. The van der Waals surface area contributed by atoms with Gasteiger partial charge in [0.2, 0.25) is 0 Å². The average Bonchev–Trinajstić information content (AvgIpc) is 2.55. The zero-order valence-electron chi connectivity index (χ0n) is 11.2. The number of ketones is 1. The molecule has 0 aromatic rings. The third-order valence-electron chi connectivity index (χ3n) is 2.98. The Balaban J connectivity index is 2.15. The zero-order chi connectivity index (χ0) is 13.5. The van der Waals surface area contributed by atoms with Crippen LogP contribution < -0.4 is 0 Å². The highest BCUT2D eigenvalue weighted by Gasteiger charge is 2.51. The molecule has 0 bridgehead atoms. The lowest BCUT2D eigenvalue weighted by molar-refractivity contribution is -0.112. The number of allylic oxidation sites excluding steroid dienone is 1. The van der Waals surface area contributed by atoms with Crippen molar-refractivity contribution in [2.45, 2.75) is 39.3 Å². The molecule has 1 amide bonds. The summed E-state index contributed by atoms with van der Waals surface area (Å²) in [4.78, 5) is 24.8. The standard InChI is InChI=1S/C13H19NO4/c1-8(15)5-10-9-6-17-7-11(9)14(10)12(16)18-13(2,3)4/h5,9,11H,6-7H2,1-4H3. The lowest BCUT2D eigenvalue weighted by atomic mass is 9.87. The molecule has 2 heterocycles. The summed E-state index contributed by atoms with van der Waals surface area (Å²) >= 11 is 0. The normalized spacial score (nSPS) is 28.9. The summed E-state index contributed by atoms with van der Waals surface area (Å²) in [5.41, 5.74) is 0.183. The Morgan fingerprint density at radius 3 is 2.61 bits per heavy atom. The molecule has 2 aliphatic rings. The molecule has 0 spiro atoms. The molecule has 0 aliphatic carbocycles. The summed E-state index contributed by atoms with van der Waals surface area (Å²) in [5, 5.41) is 0. The Hall–Kier alpha value is -1.36. The maximum Gasteiger partial charge on any atom is 0.414 e. The van der Waals surface area contributed by atoms with Crippen LogP contribution in [0.15, 0.2) is 11.8 Å². The van der Waals surface area contributed by atoms with Gasteiger partial charge in [-0.05, 0) is 27.7 Å². The van der Waals surface area contributed by atoms with E-state index >= 15 is 0 Å². The van der Waals surface area contributed by atoms with E-state index in [2.05, 4.69) is 0 Å². The number of nitrogens with zero attached hydrogens (tertiary/aromatic N) is 1. The fourth-order valence-electron chi connectivity index (χ4n) is 2.30. The molecule has 5 heteroatoms. The summed E-state index contributed by atoms with van der Waals surface area (Å²) in [6, 6.07) is 0.0189. The van der Waals surface area contributed by atoms with Crippen LogP contribution in [0.5, 0.6) is 0 Å². The number of hydrogen-bond acceptors (Lipinski definition) is 4. The van der Waals surface area contributed by atoms with Gasteiger partial charge >= 0.3 is 6.09 Å². The molecule has 2 atom stereocenters. The minimum atomic E-state index is -0.539. The molecule has 2 unspecified atom stereocenters. The van der Waals surface area contributed by atoms with Gasteiger partial charge in [0, 0.05) is 17.7 Å². The highest BCUT2D eigenvalue weighted by atomic mass is 16.6. The van der Waals surface area contributed by atoms with Crippen molar-refractivity contribution in [2.24, 2.45) is 5.92 Å². The first kappa shape index (κ1) is 13.1. The number of likely N-dealkylation sites (tertiary alicyclic amines) is 1. The fourth-order valence-corrected chi connectivity index (χ4v) is 2.30. The number of hydrogen-bond donors (Lipinski definition) is 0. The molecule has 0 aromatic carbocycles. The topological polar surface area (TPSA) is 55.8 Å². The zero-order valence-corrected chi connectivity index (χ0v) is 11.2. The van der Waals surface area contributed by atoms with Crippen LogP contribution in [-0.4, -0.2) is 41.6 Å². The Morgan fingerprint density at radius 2 is 2.06 bits per heavy atom. The van der Waals surface area contributed by atoms with Crippen LogP contribution >= 0.6 is 0 Å². The van der Waals surface area contributed by atoms with Gasteiger partial charge in [-0.25, -0.2) is 4.79 Å². The first-order valence-electron chi connectivity index (χ1n) is 6.12. The summed E-state index contributed by atoms with van der Waals surface area (Å²) < 4.78 is 10.7. The van der Waals surface area contributed by atoms with Crippen LogP contribution in [0.2, 0.25) is 0 Å². The first-order valence-corrected chi connectivity index (χ1v) is 6.12. The maximum atomic E-state index is 12.1. The van der Waals surface area contributed by atoms with Crippen molar-refractivity contribution >= 4 is 11.9 Å². The molecule has 2 fully saturated rings. The van der Waals surface area contributed by atoms with Gasteiger partial charge in [0.25, 0.3) is 0 Å². The second-order valence-electron chi connectivity index (χ2n) is 5.74. The molecular weight excluding hydrogens is 234 g/mol. The number of fused-ring (bicyclic) bond motifs is 1. The van der Waals surface area contributed by atoms with Crippen molar-refractivity contribution in [3.8, 4) is 0 Å². The highest BCUT2D eigenvalue weighted by molar-refractivity contribution is 5.89. The molecule has 100 valence electrons.